The van der Waals surface area contributed by atoms with Gasteiger partial charge in [-0.1, -0.05) is 30.7 Å². The molecule has 122 valence electrons. The summed E-state index contributed by atoms with van der Waals surface area (Å²) in [5.41, 5.74) is 1.01. The van der Waals surface area contributed by atoms with Crippen molar-refractivity contribution in [3.63, 3.8) is 0 Å². The average molecular weight is 318 g/mol. The third-order valence-corrected chi connectivity index (χ3v) is 5.06. The second kappa shape index (κ2) is 8.68. The van der Waals surface area contributed by atoms with Gasteiger partial charge in [-0.25, -0.2) is 8.42 Å². The Balaban J connectivity index is 2.90. The second-order valence-corrected chi connectivity index (χ2v) is 7.74. The van der Waals surface area contributed by atoms with E-state index in [1.54, 1.807) is 12.2 Å². The first-order valence-corrected chi connectivity index (χ1v) is 9.01. The highest BCUT2D eigenvalue weighted by Crippen LogP contribution is 2.15. The van der Waals surface area contributed by atoms with Crippen molar-refractivity contribution in [1.29, 1.82) is 0 Å². The van der Waals surface area contributed by atoms with E-state index in [0.717, 1.165) is 5.57 Å². The Morgan fingerprint density at radius 3 is 2.81 bits per heavy atom. The van der Waals surface area contributed by atoms with E-state index in [0.29, 0.717) is 19.6 Å². The maximum Gasteiger partial charge on any atom is 0.153 e. The molecule has 0 aromatic rings. The van der Waals surface area contributed by atoms with Gasteiger partial charge in [-0.3, -0.25) is 0 Å². The Hall–Kier alpha value is -0.690. The van der Waals surface area contributed by atoms with Gasteiger partial charge < -0.3 is 14.6 Å². The monoisotopic (exact) mass is 318 g/mol. The Morgan fingerprint density at radius 1 is 1.43 bits per heavy atom. The lowest BCUT2D eigenvalue weighted by Gasteiger charge is -2.23. The molecule has 0 aromatic heterocycles. The van der Waals surface area contributed by atoms with E-state index in [9.17, 15) is 13.5 Å². The molecule has 1 aliphatic rings. The van der Waals surface area contributed by atoms with E-state index in [4.69, 9.17) is 9.47 Å². The maximum absolute atomic E-state index is 11.8. The molecule has 0 unspecified atom stereocenters. The molecule has 1 aliphatic heterocycles. The number of hydrogen-bond acceptors (Lipinski definition) is 5. The number of ether oxygens (including phenoxy) is 2. The van der Waals surface area contributed by atoms with Crippen LogP contribution >= 0.6 is 0 Å². The highest BCUT2D eigenvalue weighted by Gasteiger charge is 2.21. The molecule has 0 aromatic carbocycles. The molecule has 1 N–H and O–H groups in total. The number of methoxy groups -OCH3 is 1. The molecular formula is C15H26O5S. The van der Waals surface area contributed by atoms with Gasteiger partial charge in [-0.05, 0) is 13.3 Å². The predicted molar refractivity (Wildman–Crippen MR) is 83.0 cm³/mol. The lowest BCUT2D eigenvalue weighted by Crippen LogP contribution is -2.32. The topological polar surface area (TPSA) is 72.8 Å². The first-order chi connectivity index (χ1) is 9.85. The van der Waals surface area contributed by atoms with Crippen LogP contribution in [0.2, 0.25) is 0 Å². The molecule has 0 fully saturated rings. The molecule has 3 atom stereocenters. The van der Waals surface area contributed by atoms with Gasteiger partial charge in [0.15, 0.2) is 9.84 Å². The third-order valence-electron chi connectivity index (χ3n) is 3.44. The zero-order chi connectivity index (χ0) is 15.9. The standard InChI is InChI=1S/C15H26O5S/c1-12-10-13(2)15(16)14(19-3)6-4-8-21(17,18)9-5-7-20-11-12/h4,6,10,13-16H,5,7-9,11H2,1-3H3/b6-4+,12-10-/t13-,14+,15+/m1/s1. The smallest absolute Gasteiger partial charge is 0.153 e. The zero-order valence-electron chi connectivity index (χ0n) is 13.0. The van der Waals surface area contributed by atoms with E-state index < -0.39 is 22.0 Å². The highest BCUT2D eigenvalue weighted by molar-refractivity contribution is 7.91. The van der Waals surface area contributed by atoms with Gasteiger partial charge in [0.2, 0.25) is 0 Å². The molecule has 0 bridgehead atoms. The molecule has 5 nitrogen and oxygen atoms in total. The Bertz CT molecular complexity index is 466. The summed E-state index contributed by atoms with van der Waals surface area (Å²) in [6.07, 6.45) is 4.39. The highest BCUT2D eigenvalue weighted by atomic mass is 32.2. The van der Waals surface area contributed by atoms with Gasteiger partial charge >= 0.3 is 0 Å². The van der Waals surface area contributed by atoms with Crippen molar-refractivity contribution < 1.29 is 23.0 Å². The van der Waals surface area contributed by atoms with Crippen LogP contribution in [-0.4, -0.2) is 57.6 Å². The Labute approximate surface area is 127 Å². The molecule has 1 heterocycles. The predicted octanol–water partition coefficient (Wildman–Crippen LogP) is 1.34. The van der Waals surface area contributed by atoms with Crippen LogP contribution in [0.5, 0.6) is 0 Å². The molecule has 0 aliphatic carbocycles. The van der Waals surface area contributed by atoms with Crippen molar-refractivity contribution in [2.75, 3.05) is 31.8 Å². The van der Waals surface area contributed by atoms with Gasteiger partial charge in [0.1, 0.15) is 6.10 Å². The first-order valence-electron chi connectivity index (χ1n) is 7.18. The van der Waals surface area contributed by atoms with Crippen LogP contribution in [0, 0.1) is 5.92 Å². The van der Waals surface area contributed by atoms with Crippen molar-refractivity contribution in [3.05, 3.63) is 23.8 Å². The number of rotatable bonds is 1. The molecule has 0 radical (unpaired) electrons. The fourth-order valence-electron chi connectivity index (χ4n) is 2.26. The van der Waals surface area contributed by atoms with E-state index in [1.807, 2.05) is 19.9 Å². The van der Waals surface area contributed by atoms with Crippen LogP contribution in [-0.2, 0) is 19.3 Å². The normalized spacial score (nSPS) is 36.2. The molecule has 1 rings (SSSR count). The molecule has 0 saturated carbocycles. The molecule has 6 heteroatoms. The summed E-state index contributed by atoms with van der Waals surface area (Å²) in [6, 6.07) is 0. The zero-order valence-corrected chi connectivity index (χ0v) is 13.8. The number of hydrogen-bond donors (Lipinski definition) is 1. The summed E-state index contributed by atoms with van der Waals surface area (Å²) < 4.78 is 34.4. The Morgan fingerprint density at radius 2 is 2.14 bits per heavy atom. The summed E-state index contributed by atoms with van der Waals surface area (Å²) in [5.74, 6) is -0.0396. The van der Waals surface area contributed by atoms with Crippen LogP contribution in [0.4, 0.5) is 0 Å². The van der Waals surface area contributed by atoms with Crippen molar-refractivity contribution in [2.45, 2.75) is 32.5 Å². The van der Waals surface area contributed by atoms with Gasteiger partial charge in [0, 0.05) is 19.6 Å². The van der Waals surface area contributed by atoms with Crippen molar-refractivity contribution in [2.24, 2.45) is 5.92 Å². The minimum atomic E-state index is -3.13. The largest absolute Gasteiger partial charge is 0.389 e. The van der Waals surface area contributed by atoms with Crippen LogP contribution in [0.15, 0.2) is 23.8 Å². The summed E-state index contributed by atoms with van der Waals surface area (Å²) in [4.78, 5) is 0. The summed E-state index contributed by atoms with van der Waals surface area (Å²) in [7, 11) is -1.62. The van der Waals surface area contributed by atoms with E-state index >= 15 is 0 Å². The lowest BCUT2D eigenvalue weighted by molar-refractivity contribution is -0.00194. The SMILES string of the molecule is CO[C@H]1/C=C/CS(=O)(=O)CCCOC/C(C)=C\[C@@H](C)[C@@H]1O. The summed E-state index contributed by atoms with van der Waals surface area (Å²) in [5, 5.41) is 10.3. The minimum Gasteiger partial charge on any atom is -0.389 e. The van der Waals surface area contributed by atoms with Crippen LogP contribution in [0.25, 0.3) is 0 Å². The van der Waals surface area contributed by atoms with Crippen molar-refractivity contribution >= 4 is 9.84 Å². The van der Waals surface area contributed by atoms with Crippen LogP contribution < -0.4 is 0 Å². The van der Waals surface area contributed by atoms with E-state index in [-0.39, 0.29) is 17.4 Å². The summed E-state index contributed by atoms with van der Waals surface area (Å²) in [6.45, 7) is 4.70. The molecular weight excluding hydrogens is 292 g/mol. The minimum absolute atomic E-state index is 0.0389. The van der Waals surface area contributed by atoms with Crippen LogP contribution in [0.1, 0.15) is 20.3 Å². The number of sulfone groups is 1. The lowest BCUT2D eigenvalue weighted by atomic mass is 9.97. The van der Waals surface area contributed by atoms with Gasteiger partial charge in [-0.15, -0.1) is 0 Å². The number of aliphatic hydroxyl groups excluding tert-OH is 1. The molecule has 0 saturated heterocycles. The molecule has 21 heavy (non-hydrogen) atoms. The van der Waals surface area contributed by atoms with Crippen molar-refractivity contribution in [1.82, 2.24) is 0 Å². The fraction of sp³-hybridized carbons (Fsp3) is 0.733. The van der Waals surface area contributed by atoms with Gasteiger partial charge in [-0.2, -0.15) is 0 Å². The Kier molecular flexibility index (Phi) is 7.59. The van der Waals surface area contributed by atoms with Crippen molar-refractivity contribution in [3.8, 4) is 0 Å². The average Bonchev–Trinajstić information content (AvgIpc) is 2.41. The number of aliphatic hydroxyl groups is 1. The maximum atomic E-state index is 11.8. The summed E-state index contributed by atoms with van der Waals surface area (Å²) >= 11 is 0. The van der Waals surface area contributed by atoms with E-state index in [2.05, 4.69) is 0 Å². The van der Waals surface area contributed by atoms with Crippen LogP contribution in [0.3, 0.4) is 0 Å². The van der Waals surface area contributed by atoms with Gasteiger partial charge in [0.05, 0.1) is 24.2 Å². The van der Waals surface area contributed by atoms with E-state index in [1.165, 1.54) is 7.11 Å². The third kappa shape index (κ3) is 6.74. The molecule has 0 amide bonds. The quantitative estimate of drug-likeness (QED) is 0.739. The van der Waals surface area contributed by atoms with Gasteiger partial charge in [0.25, 0.3) is 0 Å². The fourth-order valence-corrected chi connectivity index (χ4v) is 3.39. The second-order valence-electron chi connectivity index (χ2n) is 5.51. The first kappa shape index (κ1) is 18.4. The molecule has 0 spiro atoms.